The normalized spacial score (nSPS) is 20.5. The van der Waals surface area contributed by atoms with Gasteiger partial charge in [-0.2, -0.15) is 0 Å². The molecule has 1 atom stereocenters. The van der Waals surface area contributed by atoms with E-state index in [1.807, 2.05) is 6.92 Å². The Kier molecular flexibility index (Phi) is 4.76. The van der Waals surface area contributed by atoms with Crippen molar-refractivity contribution in [2.24, 2.45) is 11.7 Å². The second kappa shape index (κ2) is 6.13. The van der Waals surface area contributed by atoms with Gasteiger partial charge in [0.1, 0.15) is 0 Å². The highest BCUT2D eigenvalue weighted by Crippen LogP contribution is 2.25. The maximum Gasteiger partial charge on any atom is 0.0931 e. The molecule has 2 N–H and O–H groups in total. The zero-order valence-corrected chi connectivity index (χ0v) is 12.5. The molecule has 1 aromatic rings. The third-order valence-electron chi connectivity index (χ3n) is 3.88. The highest BCUT2D eigenvalue weighted by molar-refractivity contribution is 7.09. The molecule has 0 aliphatic carbocycles. The summed E-state index contributed by atoms with van der Waals surface area (Å²) >= 11 is 1.77. The Morgan fingerprint density at radius 3 is 2.56 bits per heavy atom. The third kappa shape index (κ3) is 3.53. The van der Waals surface area contributed by atoms with Gasteiger partial charge >= 0.3 is 0 Å². The minimum absolute atomic E-state index is 0.0674. The van der Waals surface area contributed by atoms with E-state index < -0.39 is 0 Å². The maximum atomic E-state index is 5.85. The summed E-state index contributed by atoms with van der Waals surface area (Å²) in [6.07, 6.45) is 3.76. The van der Waals surface area contributed by atoms with Gasteiger partial charge in [-0.25, -0.2) is 4.98 Å². The molecule has 3 nitrogen and oxygen atoms in total. The van der Waals surface area contributed by atoms with Gasteiger partial charge in [0.15, 0.2) is 0 Å². The molecule has 102 valence electrons. The molecule has 2 heterocycles. The zero-order valence-electron chi connectivity index (χ0n) is 11.7. The molecule has 0 aromatic carbocycles. The fourth-order valence-electron chi connectivity index (χ4n) is 2.55. The summed E-state index contributed by atoms with van der Waals surface area (Å²) in [5.74, 6) is 0.812. The van der Waals surface area contributed by atoms with E-state index in [-0.39, 0.29) is 6.04 Å². The van der Waals surface area contributed by atoms with E-state index in [1.54, 1.807) is 11.3 Å². The lowest BCUT2D eigenvalue weighted by Gasteiger charge is -2.34. The van der Waals surface area contributed by atoms with Gasteiger partial charge in [-0.05, 0) is 52.6 Å². The molecule has 0 saturated carbocycles. The average Bonchev–Trinajstić information content (AvgIpc) is 2.78. The standard InChI is InChI=1S/C14H25N3S/c1-10(2)17-6-4-12(5-7-17)8-14-16-13(9-18-14)11(3)15/h9-12H,4-8,15H2,1-3H3. The van der Waals surface area contributed by atoms with E-state index >= 15 is 0 Å². The van der Waals surface area contributed by atoms with Crippen LogP contribution < -0.4 is 5.73 Å². The lowest BCUT2D eigenvalue weighted by atomic mass is 9.93. The molecule has 0 spiro atoms. The first-order valence-electron chi connectivity index (χ1n) is 7.00. The predicted octanol–water partition coefficient (Wildman–Crippen LogP) is 2.83. The second-order valence-corrected chi connectivity index (χ2v) is 6.67. The van der Waals surface area contributed by atoms with Crippen LogP contribution in [0.15, 0.2) is 5.38 Å². The molecule has 0 amide bonds. The van der Waals surface area contributed by atoms with Crippen LogP contribution in [0.5, 0.6) is 0 Å². The predicted molar refractivity (Wildman–Crippen MR) is 77.9 cm³/mol. The Hall–Kier alpha value is -0.450. The van der Waals surface area contributed by atoms with Crippen LogP contribution in [0, 0.1) is 5.92 Å². The summed E-state index contributed by atoms with van der Waals surface area (Å²) in [4.78, 5) is 7.21. The van der Waals surface area contributed by atoms with Crippen molar-refractivity contribution in [3.63, 3.8) is 0 Å². The van der Waals surface area contributed by atoms with E-state index in [2.05, 4.69) is 29.1 Å². The first kappa shape index (κ1) is 14.0. The van der Waals surface area contributed by atoms with Gasteiger partial charge in [-0.15, -0.1) is 11.3 Å². The molecule has 4 heteroatoms. The number of hydrogen-bond donors (Lipinski definition) is 1. The molecule has 0 bridgehead atoms. The molecule has 1 aromatic heterocycles. The van der Waals surface area contributed by atoms with Crippen LogP contribution in [0.25, 0.3) is 0 Å². The van der Waals surface area contributed by atoms with Gasteiger partial charge < -0.3 is 10.6 Å². The summed E-state index contributed by atoms with van der Waals surface area (Å²) < 4.78 is 0. The lowest BCUT2D eigenvalue weighted by molar-refractivity contribution is 0.149. The van der Waals surface area contributed by atoms with Crippen molar-refractivity contribution in [3.05, 3.63) is 16.1 Å². The largest absolute Gasteiger partial charge is 0.323 e. The smallest absolute Gasteiger partial charge is 0.0931 e. The summed E-state index contributed by atoms with van der Waals surface area (Å²) in [6.45, 7) is 9.06. The molecule has 1 unspecified atom stereocenters. The van der Waals surface area contributed by atoms with Crippen LogP contribution in [0.1, 0.15) is 50.4 Å². The monoisotopic (exact) mass is 267 g/mol. The van der Waals surface area contributed by atoms with Gasteiger partial charge in [0.05, 0.1) is 10.7 Å². The van der Waals surface area contributed by atoms with E-state index in [0.717, 1.165) is 18.0 Å². The molecule has 1 aliphatic heterocycles. The van der Waals surface area contributed by atoms with Crippen molar-refractivity contribution in [1.82, 2.24) is 9.88 Å². The molecular weight excluding hydrogens is 242 g/mol. The van der Waals surface area contributed by atoms with Gasteiger partial charge in [0.2, 0.25) is 0 Å². The Labute approximate surface area is 114 Å². The number of likely N-dealkylation sites (tertiary alicyclic amines) is 1. The van der Waals surface area contributed by atoms with E-state index in [9.17, 15) is 0 Å². The number of piperidine rings is 1. The summed E-state index contributed by atoms with van der Waals surface area (Å²) in [5.41, 5.74) is 6.90. The Bertz CT molecular complexity index is 365. The topological polar surface area (TPSA) is 42.1 Å². The fraction of sp³-hybridized carbons (Fsp3) is 0.786. The van der Waals surface area contributed by atoms with Crippen molar-refractivity contribution in [2.45, 2.75) is 52.1 Å². The first-order valence-corrected chi connectivity index (χ1v) is 7.88. The van der Waals surface area contributed by atoms with Gasteiger partial charge in [-0.1, -0.05) is 0 Å². The molecule has 1 saturated heterocycles. The van der Waals surface area contributed by atoms with Crippen molar-refractivity contribution in [2.75, 3.05) is 13.1 Å². The third-order valence-corrected chi connectivity index (χ3v) is 4.77. The number of rotatable bonds is 4. The van der Waals surface area contributed by atoms with E-state index in [4.69, 9.17) is 5.73 Å². The lowest BCUT2D eigenvalue weighted by Crippen LogP contribution is -2.38. The fourth-order valence-corrected chi connectivity index (χ4v) is 3.56. The van der Waals surface area contributed by atoms with Crippen molar-refractivity contribution < 1.29 is 0 Å². The number of nitrogens with two attached hydrogens (primary N) is 1. The van der Waals surface area contributed by atoms with Crippen molar-refractivity contribution in [1.29, 1.82) is 0 Å². The number of thiazole rings is 1. The molecule has 2 rings (SSSR count). The minimum atomic E-state index is 0.0674. The first-order chi connectivity index (χ1) is 8.56. The van der Waals surface area contributed by atoms with Gasteiger partial charge in [-0.3, -0.25) is 0 Å². The van der Waals surface area contributed by atoms with E-state index in [0.29, 0.717) is 6.04 Å². The highest BCUT2D eigenvalue weighted by Gasteiger charge is 2.21. The number of hydrogen-bond acceptors (Lipinski definition) is 4. The van der Waals surface area contributed by atoms with Crippen LogP contribution in [0.3, 0.4) is 0 Å². The Morgan fingerprint density at radius 1 is 1.39 bits per heavy atom. The van der Waals surface area contributed by atoms with Crippen molar-refractivity contribution in [3.8, 4) is 0 Å². The average molecular weight is 267 g/mol. The highest BCUT2D eigenvalue weighted by atomic mass is 32.1. The summed E-state index contributed by atoms with van der Waals surface area (Å²) in [7, 11) is 0. The molecular formula is C14H25N3S. The zero-order chi connectivity index (χ0) is 13.1. The van der Waals surface area contributed by atoms with Crippen LogP contribution in [0.4, 0.5) is 0 Å². The van der Waals surface area contributed by atoms with Crippen molar-refractivity contribution >= 4 is 11.3 Å². The van der Waals surface area contributed by atoms with Gasteiger partial charge in [0, 0.05) is 23.9 Å². The molecule has 1 fully saturated rings. The Balaban J connectivity index is 1.84. The van der Waals surface area contributed by atoms with Crippen LogP contribution in [-0.4, -0.2) is 29.0 Å². The summed E-state index contributed by atoms with van der Waals surface area (Å²) in [6, 6.07) is 0.758. The number of nitrogens with zero attached hydrogens (tertiary/aromatic N) is 2. The maximum absolute atomic E-state index is 5.85. The molecule has 1 aliphatic rings. The number of aromatic nitrogens is 1. The second-order valence-electron chi connectivity index (χ2n) is 5.73. The van der Waals surface area contributed by atoms with Crippen LogP contribution in [0.2, 0.25) is 0 Å². The van der Waals surface area contributed by atoms with Crippen LogP contribution in [-0.2, 0) is 6.42 Å². The minimum Gasteiger partial charge on any atom is -0.323 e. The molecule has 0 radical (unpaired) electrons. The van der Waals surface area contributed by atoms with Crippen LogP contribution >= 0.6 is 11.3 Å². The quantitative estimate of drug-likeness (QED) is 0.912. The summed E-state index contributed by atoms with van der Waals surface area (Å²) in [5, 5.41) is 3.38. The van der Waals surface area contributed by atoms with Gasteiger partial charge in [0.25, 0.3) is 0 Å². The Morgan fingerprint density at radius 2 is 2.06 bits per heavy atom. The molecule has 18 heavy (non-hydrogen) atoms. The van der Waals surface area contributed by atoms with E-state index in [1.165, 1.54) is 30.9 Å². The SMILES string of the molecule is CC(N)c1csc(CC2CCN(C(C)C)CC2)n1.